The number of aliphatic hydroxyl groups is 1. The molecular weight excluding hydrogens is 321 g/mol. The van der Waals surface area contributed by atoms with E-state index < -0.39 is 0 Å². The lowest BCUT2D eigenvalue weighted by molar-refractivity contribution is 0.102. The summed E-state index contributed by atoms with van der Waals surface area (Å²) in [6.45, 7) is 0.185. The van der Waals surface area contributed by atoms with E-state index in [0.717, 1.165) is 11.3 Å². The quantitative estimate of drug-likeness (QED) is 0.878. The minimum atomic E-state index is -0.317. The number of aliphatic hydroxyl groups excluding tert-OH is 1. The van der Waals surface area contributed by atoms with Gasteiger partial charge in [0.15, 0.2) is 0 Å². The number of halogens is 2. The largest absolute Gasteiger partial charge is 0.491 e. The number of hydrogen-bond acceptors (Lipinski definition) is 4. The van der Waals surface area contributed by atoms with Gasteiger partial charge in [0.2, 0.25) is 0 Å². The van der Waals surface area contributed by atoms with Crippen LogP contribution in [0.5, 0.6) is 5.75 Å². The molecule has 2 rings (SSSR count). The molecule has 7 heteroatoms. The van der Waals surface area contributed by atoms with Gasteiger partial charge in [0.1, 0.15) is 16.7 Å². The second-order valence-corrected chi connectivity index (χ2v) is 6.07. The summed E-state index contributed by atoms with van der Waals surface area (Å²) in [6, 6.07) is 8.34. The van der Waals surface area contributed by atoms with Crippen LogP contribution in [0.25, 0.3) is 0 Å². The molecule has 0 unspecified atom stereocenters. The van der Waals surface area contributed by atoms with Gasteiger partial charge in [-0.1, -0.05) is 23.2 Å². The van der Waals surface area contributed by atoms with Gasteiger partial charge in [0, 0.05) is 5.69 Å². The molecule has 0 aliphatic carbocycles. The van der Waals surface area contributed by atoms with Gasteiger partial charge in [0.05, 0.1) is 16.5 Å². The number of carbonyl (C=O) groups excluding carboxylic acids is 1. The summed E-state index contributed by atoms with van der Waals surface area (Å²) in [5.41, 5.74) is 0.965. The minimum absolute atomic E-state index is 0.0457. The van der Waals surface area contributed by atoms with Gasteiger partial charge in [-0.15, -0.1) is 11.3 Å². The van der Waals surface area contributed by atoms with Crippen molar-refractivity contribution in [1.82, 2.24) is 0 Å². The molecule has 20 heavy (non-hydrogen) atoms. The highest BCUT2D eigenvalue weighted by atomic mass is 35.5. The average Bonchev–Trinajstić information content (AvgIpc) is 2.77. The fourth-order valence-corrected chi connectivity index (χ4v) is 2.95. The molecule has 2 aromatic rings. The molecule has 106 valence electrons. The second-order valence-electron chi connectivity index (χ2n) is 3.79. The zero-order valence-corrected chi connectivity index (χ0v) is 12.6. The zero-order valence-electron chi connectivity index (χ0n) is 10.2. The molecule has 0 fully saturated rings. The van der Waals surface area contributed by atoms with Crippen LogP contribution in [0, 0.1) is 0 Å². The number of amides is 1. The Bertz CT molecular complexity index is 598. The van der Waals surface area contributed by atoms with E-state index in [2.05, 4.69) is 5.32 Å². The van der Waals surface area contributed by atoms with Gasteiger partial charge in [-0.2, -0.15) is 0 Å². The molecule has 4 nitrogen and oxygen atoms in total. The van der Waals surface area contributed by atoms with Crippen molar-refractivity contribution in [2.75, 3.05) is 18.5 Å². The van der Waals surface area contributed by atoms with Crippen molar-refractivity contribution in [3.05, 3.63) is 44.6 Å². The molecule has 0 saturated carbocycles. The number of nitrogens with one attached hydrogen (secondary N) is 1. The Morgan fingerprint density at radius 1 is 1.30 bits per heavy atom. The lowest BCUT2D eigenvalue weighted by atomic mass is 10.2. The van der Waals surface area contributed by atoms with Crippen LogP contribution in [0.4, 0.5) is 5.69 Å². The van der Waals surface area contributed by atoms with E-state index in [-0.39, 0.29) is 19.1 Å². The maximum Gasteiger partial charge on any atom is 0.258 e. The maximum atomic E-state index is 12.0. The van der Waals surface area contributed by atoms with Gasteiger partial charge in [-0.25, -0.2) is 0 Å². The van der Waals surface area contributed by atoms with Gasteiger partial charge < -0.3 is 15.2 Å². The molecule has 0 saturated heterocycles. The Kier molecular flexibility index (Phi) is 5.25. The topological polar surface area (TPSA) is 58.6 Å². The summed E-state index contributed by atoms with van der Waals surface area (Å²) in [5, 5.41) is 11.4. The summed E-state index contributed by atoms with van der Waals surface area (Å²) >= 11 is 12.9. The third-order valence-corrected chi connectivity index (χ3v) is 3.86. The molecular formula is C13H11Cl2NO3S. The second kappa shape index (κ2) is 6.95. The predicted octanol–water partition coefficient (Wildman–Crippen LogP) is 3.68. The molecule has 1 heterocycles. The van der Waals surface area contributed by atoms with E-state index in [9.17, 15) is 4.79 Å². The molecule has 1 aromatic heterocycles. The Morgan fingerprint density at radius 2 is 2.00 bits per heavy atom. The molecule has 2 N–H and O–H groups in total. The van der Waals surface area contributed by atoms with Gasteiger partial charge in [-0.3, -0.25) is 4.79 Å². The summed E-state index contributed by atoms with van der Waals surface area (Å²) in [5.74, 6) is 0.302. The van der Waals surface area contributed by atoms with Gasteiger partial charge >= 0.3 is 0 Å². The van der Waals surface area contributed by atoms with Crippen LogP contribution in [0.3, 0.4) is 0 Å². The van der Waals surface area contributed by atoms with Gasteiger partial charge in [0.25, 0.3) is 5.91 Å². The lowest BCUT2D eigenvalue weighted by Crippen LogP contribution is -2.11. The highest BCUT2D eigenvalue weighted by Crippen LogP contribution is 2.31. The van der Waals surface area contributed by atoms with Crippen LogP contribution in [0.15, 0.2) is 30.3 Å². The standard InChI is InChI=1S/C13H11Cl2NO3S/c14-11-7-10(12(15)20-11)13(18)16-8-1-3-9(4-2-8)19-6-5-17/h1-4,7,17H,5-6H2,(H,16,18). The van der Waals surface area contributed by atoms with E-state index in [1.807, 2.05) is 0 Å². The SMILES string of the molecule is O=C(Nc1ccc(OCCO)cc1)c1cc(Cl)sc1Cl. The van der Waals surface area contributed by atoms with Crippen molar-refractivity contribution < 1.29 is 14.6 Å². The third kappa shape index (κ3) is 3.86. The highest BCUT2D eigenvalue weighted by Gasteiger charge is 2.14. The monoisotopic (exact) mass is 331 g/mol. The molecule has 0 spiro atoms. The summed E-state index contributed by atoms with van der Waals surface area (Å²) < 4.78 is 6.05. The molecule has 1 amide bonds. The van der Waals surface area contributed by atoms with E-state index in [0.29, 0.717) is 25.7 Å². The molecule has 0 atom stereocenters. The first-order chi connectivity index (χ1) is 9.60. The summed E-state index contributed by atoms with van der Waals surface area (Å²) in [7, 11) is 0. The fraction of sp³-hybridized carbons (Fsp3) is 0.154. The molecule has 0 aliphatic heterocycles. The molecule has 0 bridgehead atoms. The van der Waals surface area contributed by atoms with Crippen LogP contribution in [-0.2, 0) is 0 Å². The lowest BCUT2D eigenvalue weighted by Gasteiger charge is -2.07. The number of ether oxygens (including phenoxy) is 1. The number of rotatable bonds is 5. The Balaban J connectivity index is 2.02. The zero-order chi connectivity index (χ0) is 14.5. The number of benzene rings is 1. The van der Waals surface area contributed by atoms with Crippen LogP contribution in [0.2, 0.25) is 8.67 Å². The molecule has 0 aliphatic rings. The van der Waals surface area contributed by atoms with Crippen molar-refractivity contribution >= 4 is 46.1 Å². The Labute approximate surface area is 129 Å². The van der Waals surface area contributed by atoms with E-state index in [1.165, 1.54) is 6.07 Å². The van der Waals surface area contributed by atoms with E-state index >= 15 is 0 Å². The van der Waals surface area contributed by atoms with E-state index in [1.54, 1.807) is 24.3 Å². The van der Waals surface area contributed by atoms with E-state index in [4.69, 9.17) is 33.0 Å². The average molecular weight is 332 g/mol. The number of carbonyl (C=O) groups is 1. The first-order valence-corrected chi connectivity index (χ1v) is 7.27. The number of hydrogen-bond donors (Lipinski definition) is 2. The van der Waals surface area contributed by atoms with Crippen molar-refractivity contribution in [3.63, 3.8) is 0 Å². The van der Waals surface area contributed by atoms with Crippen LogP contribution in [-0.4, -0.2) is 24.2 Å². The van der Waals surface area contributed by atoms with Crippen molar-refractivity contribution in [3.8, 4) is 5.75 Å². The van der Waals surface area contributed by atoms with Crippen molar-refractivity contribution in [2.24, 2.45) is 0 Å². The van der Waals surface area contributed by atoms with Crippen LogP contribution < -0.4 is 10.1 Å². The molecule has 0 radical (unpaired) electrons. The Morgan fingerprint density at radius 3 is 2.55 bits per heavy atom. The van der Waals surface area contributed by atoms with Crippen molar-refractivity contribution in [1.29, 1.82) is 0 Å². The first-order valence-electron chi connectivity index (χ1n) is 5.70. The highest BCUT2D eigenvalue weighted by molar-refractivity contribution is 7.20. The third-order valence-electron chi connectivity index (χ3n) is 2.37. The van der Waals surface area contributed by atoms with Crippen LogP contribution >= 0.6 is 34.5 Å². The van der Waals surface area contributed by atoms with Gasteiger partial charge in [-0.05, 0) is 30.3 Å². The normalized spacial score (nSPS) is 10.3. The smallest absolute Gasteiger partial charge is 0.258 e. The van der Waals surface area contributed by atoms with Crippen LogP contribution in [0.1, 0.15) is 10.4 Å². The summed E-state index contributed by atoms with van der Waals surface area (Å²) in [4.78, 5) is 12.0. The summed E-state index contributed by atoms with van der Waals surface area (Å²) in [6.07, 6.45) is 0. The van der Waals surface area contributed by atoms with Crippen molar-refractivity contribution in [2.45, 2.75) is 0 Å². The number of thiophene rings is 1. The maximum absolute atomic E-state index is 12.0. The predicted molar refractivity (Wildman–Crippen MR) is 81.3 cm³/mol. The fourth-order valence-electron chi connectivity index (χ4n) is 1.49. The number of anilines is 1. The minimum Gasteiger partial charge on any atom is -0.491 e. The molecule has 1 aromatic carbocycles. The Hall–Kier alpha value is -1.27. The first kappa shape index (κ1) is 15.1.